The van der Waals surface area contributed by atoms with E-state index in [1.165, 1.54) is 45.2 Å². The standard InChI is InChI=1S/C10H22N/c1-3-5-6-7-8-10-11-9-4-2/h11H,1,3-10H2,2H3. The van der Waals surface area contributed by atoms with Crippen molar-refractivity contribution in [1.82, 2.24) is 5.32 Å². The Bertz CT molecular complexity index is 53.9. The minimum Gasteiger partial charge on any atom is -0.317 e. The number of nitrogens with one attached hydrogen (secondary N) is 1. The topological polar surface area (TPSA) is 12.0 Å². The van der Waals surface area contributed by atoms with Crippen molar-refractivity contribution in [1.29, 1.82) is 0 Å². The average Bonchev–Trinajstić information content (AvgIpc) is 2.03. The molecule has 0 fully saturated rings. The van der Waals surface area contributed by atoms with Gasteiger partial charge in [-0.3, -0.25) is 0 Å². The van der Waals surface area contributed by atoms with Gasteiger partial charge in [0.15, 0.2) is 0 Å². The molecule has 1 nitrogen and oxygen atoms in total. The van der Waals surface area contributed by atoms with E-state index in [0.29, 0.717) is 0 Å². The summed E-state index contributed by atoms with van der Waals surface area (Å²) in [5.41, 5.74) is 0. The van der Waals surface area contributed by atoms with Crippen LogP contribution in [0.15, 0.2) is 0 Å². The van der Waals surface area contributed by atoms with Crippen LogP contribution in [0, 0.1) is 6.92 Å². The van der Waals surface area contributed by atoms with Crippen LogP contribution in [0.1, 0.15) is 45.4 Å². The lowest BCUT2D eigenvalue weighted by atomic mass is 10.1. The fourth-order valence-corrected chi connectivity index (χ4v) is 1.08. The highest BCUT2D eigenvalue weighted by atomic mass is 14.8. The fraction of sp³-hybridized carbons (Fsp3) is 0.900. The van der Waals surface area contributed by atoms with Crippen molar-refractivity contribution in [3.05, 3.63) is 6.92 Å². The van der Waals surface area contributed by atoms with Crippen LogP contribution in [-0.4, -0.2) is 13.1 Å². The second-order valence-electron chi connectivity index (χ2n) is 3.02. The zero-order valence-corrected chi connectivity index (χ0v) is 7.86. The maximum atomic E-state index is 3.82. The maximum Gasteiger partial charge on any atom is -0.00489 e. The molecule has 0 atom stereocenters. The van der Waals surface area contributed by atoms with Gasteiger partial charge in [-0.15, -0.1) is 0 Å². The van der Waals surface area contributed by atoms with Gasteiger partial charge in [0.25, 0.3) is 0 Å². The Morgan fingerprint density at radius 3 is 2.36 bits per heavy atom. The summed E-state index contributed by atoms with van der Waals surface area (Å²) in [7, 11) is 0. The molecule has 0 unspecified atom stereocenters. The van der Waals surface area contributed by atoms with Crippen LogP contribution in [0.5, 0.6) is 0 Å². The first-order valence-corrected chi connectivity index (χ1v) is 4.91. The highest BCUT2D eigenvalue weighted by Gasteiger charge is 1.87. The van der Waals surface area contributed by atoms with E-state index in [-0.39, 0.29) is 0 Å². The summed E-state index contributed by atoms with van der Waals surface area (Å²) in [4.78, 5) is 0. The van der Waals surface area contributed by atoms with Crippen LogP contribution in [0.4, 0.5) is 0 Å². The molecule has 1 radical (unpaired) electrons. The molecule has 1 N–H and O–H groups in total. The van der Waals surface area contributed by atoms with Crippen molar-refractivity contribution in [3.8, 4) is 0 Å². The minimum absolute atomic E-state index is 1.10. The first-order chi connectivity index (χ1) is 5.41. The molecule has 0 saturated heterocycles. The van der Waals surface area contributed by atoms with Gasteiger partial charge in [-0.25, -0.2) is 0 Å². The summed E-state index contributed by atoms with van der Waals surface area (Å²) in [6.45, 7) is 8.40. The Kier molecular flexibility index (Phi) is 9.92. The molecule has 0 saturated carbocycles. The Morgan fingerprint density at radius 2 is 1.73 bits per heavy atom. The molecule has 0 rings (SSSR count). The van der Waals surface area contributed by atoms with Gasteiger partial charge in [0, 0.05) is 0 Å². The largest absolute Gasteiger partial charge is 0.317 e. The molecule has 0 aliphatic rings. The molecule has 67 valence electrons. The van der Waals surface area contributed by atoms with Crippen molar-refractivity contribution in [2.75, 3.05) is 13.1 Å². The quantitative estimate of drug-likeness (QED) is 0.533. The molecule has 0 bridgehead atoms. The third-order valence-electron chi connectivity index (χ3n) is 1.78. The predicted molar refractivity (Wildman–Crippen MR) is 51.6 cm³/mol. The van der Waals surface area contributed by atoms with Gasteiger partial charge >= 0.3 is 0 Å². The summed E-state index contributed by atoms with van der Waals surface area (Å²) in [5.74, 6) is 0. The molecule has 0 heterocycles. The first kappa shape index (κ1) is 11.0. The Balaban J connectivity index is 2.69. The van der Waals surface area contributed by atoms with Crippen molar-refractivity contribution >= 4 is 0 Å². The Hall–Kier alpha value is -0.0400. The van der Waals surface area contributed by atoms with Gasteiger partial charge < -0.3 is 5.32 Å². The van der Waals surface area contributed by atoms with E-state index < -0.39 is 0 Å². The molecule has 0 aromatic rings. The summed E-state index contributed by atoms with van der Waals surface area (Å²) in [5, 5.41) is 3.40. The monoisotopic (exact) mass is 156 g/mol. The lowest BCUT2D eigenvalue weighted by Gasteiger charge is -2.01. The number of hydrogen-bond acceptors (Lipinski definition) is 1. The molecule has 0 amide bonds. The normalized spacial score (nSPS) is 10.4. The highest BCUT2D eigenvalue weighted by molar-refractivity contribution is 4.48. The minimum atomic E-state index is 1.10. The number of unbranched alkanes of at least 4 members (excludes halogenated alkanes) is 4. The molecule has 0 aliphatic carbocycles. The summed E-state index contributed by atoms with van der Waals surface area (Å²) in [6.07, 6.45) is 7.71. The van der Waals surface area contributed by atoms with E-state index in [4.69, 9.17) is 0 Å². The van der Waals surface area contributed by atoms with Crippen LogP contribution < -0.4 is 5.32 Å². The summed E-state index contributed by atoms with van der Waals surface area (Å²) < 4.78 is 0. The molecule has 0 aromatic heterocycles. The van der Waals surface area contributed by atoms with Gasteiger partial charge in [0.1, 0.15) is 0 Å². The third kappa shape index (κ3) is 9.96. The van der Waals surface area contributed by atoms with E-state index >= 15 is 0 Å². The number of hydrogen-bond donors (Lipinski definition) is 1. The van der Waals surface area contributed by atoms with Crippen LogP contribution in [0.25, 0.3) is 0 Å². The summed E-state index contributed by atoms with van der Waals surface area (Å²) in [6, 6.07) is 0. The van der Waals surface area contributed by atoms with Crippen molar-refractivity contribution < 1.29 is 0 Å². The SMILES string of the molecule is [CH2]CCCCCCNCCC. The van der Waals surface area contributed by atoms with Crippen molar-refractivity contribution in [3.63, 3.8) is 0 Å². The van der Waals surface area contributed by atoms with E-state index in [2.05, 4.69) is 19.2 Å². The summed E-state index contributed by atoms with van der Waals surface area (Å²) >= 11 is 0. The smallest absolute Gasteiger partial charge is 0.00489 e. The third-order valence-corrected chi connectivity index (χ3v) is 1.78. The molecule has 11 heavy (non-hydrogen) atoms. The van der Waals surface area contributed by atoms with Gasteiger partial charge in [-0.2, -0.15) is 0 Å². The molecule has 0 aliphatic heterocycles. The van der Waals surface area contributed by atoms with E-state index in [1.807, 2.05) is 0 Å². The Labute approximate surface area is 71.6 Å². The molecule has 0 spiro atoms. The number of rotatable bonds is 8. The van der Waals surface area contributed by atoms with Crippen molar-refractivity contribution in [2.24, 2.45) is 0 Å². The van der Waals surface area contributed by atoms with Crippen LogP contribution in [0.3, 0.4) is 0 Å². The maximum absolute atomic E-state index is 3.82. The predicted octanol–water partition coefficient (Wildman–Crippen LogP) is 2.77. The lowest BCUT2D eigenvalue weighted by Crippen LogP contribution is -2.15. The molecule has 0 aromatic carbocycles. The zero-order valence-electron chi connectivity index (χ0n) is 7.86. The molecule has 1 heteroatoms. The second kappa shape index (κ2) is 9.96. The molecular formula is C10H22N. The lowest BCUT2D eigenvalue weighted by molar-refractivity contribution is 0.586. The van der Waals surface area contributed by atoms with Gasteiger partial charge in [-0.1, -0.05) is 39.5 Å². The second-order valence-corrected chi connectivity index (χ2v) is 3.02. The van der Waals surface area contributed by atoms with Gasteiger partial charge in [-0.05, 0) is 25.9 Å². The fourth-order valence-electron chi connectivity index (χ4n) is 1.08. The van der Waals surface area contributed by atoms with Crippen LogP contribution >= 0.6 is 0 Å². The van der Waals surface area contributed by atoms with Gasteiger partial charge in [0.2, 0.25) is 0 Å². The van der Waals surface area contributed by atoms with E-state index in [1.54, 1.807) is 0 Å². The van der Waals surface area contributed by atoms with E-state index in [9.17, 15) is 0 Å². The molecular weight excluding hydrogens is 134 g/mol. The zero-order chi connectivity index (χ0) is 8.36. The average molecular weight is 156 g/mol. The first-order valence-electron chi connectivity index (χ1n) is 4.91. The van der Waals surface area contributed by atoms with Crippen LogP contribution in [-0.2, 0) is 0 Å². The Morgan fingerprint density at radius 1 is 1.00 bits per heavy atom. The van der Waals surface area contributed by atoms with Crippen LogP contribution in [0.2, 0.25) is 0 Å². The van der Waals surface area contributed by atoms with Gasteiger partial charge in [0.05, 0.1) is 0 Å². The van der Waals surface area contributed by atoms with E-state index in [0.717, 1.165) is 6.42 Å². The van der Waals surface area contributed by atoms with Crippen molar-refractivity contribution in [2.45, 2.75) is 45.4 Å². The highest BCUT2D eigenvalue weighted by Crippen LogP contribution is 2.00.